The molecule has 2 amide bonds. The number of hydrogen-bond acceptors (Lipinski definition) is 3. The predicted octanol–water partition coefficient (Wildman–Crippen LogP) is 1.95. The summed E-state index contributed by atoms with van der Waals surface area (Å²) in [5, 5.41) is 14.3. The predicted molar refractivity (Wildman–Crippen MR) is 71.5 cm³/mol. The molecule has 104 valence electrons. The summed E-state index contributed by atoms with van der Waals surface area (Å²) < 4.78 is 4.79. The van der Waals surface area contributed by atoms with Gasteiger partial charge in [-0.15, -0.1) is 0 Å². The van der Waals surface area contributed by atoms with Crippen molar-refractivity contribution in [3.8, 4) is 0 Å². The molecule has 3 N–H and O–H groups in total. The molecule has 0 bridgehead atoms. The van der Waals surface area contributed by atoms with Crippen LogP contribution in [0.5, 0.6) is 0 Å². The number of hydrogen-bond donors (Lipinski definition) is 3. The number of aliphatic carboxylic acids is 1. The van der Waals surface area contributed by atoms with Crippen LogP contribution in [0.1, 0.15) is 6.42 Å². The van der Waals surface area contributed by atoms with Gasteiger partial charge in [0, 0.05) is 30.8 Å². The minimum atomic E-state index is -1.11. The Morgan fingerprint density at radius 1 is 1.47 bits per heavy atom. The van der Waals surface area contributed by atoms with E-state index < -0.39 is 18.0 Å². The Labute approximate surface area is 115 Å². The van der Waals surface area contributed by atoms with E-state index in [1.54, 1.807) is 24.3 Å². The van der Waals surface area contributed by atoms with Crippen molar-refractivity contribution < 1.29 is 19.4 Å². The van der Waals surface area contributed by atoms with Crippen molar-refractivity contribution in [3.05, 3.63) is 29.3 Å². The maximum absolute atomic E-state index is 11.6. The summed E-state index contributed by atoms with van der Waals surface area (Å²) >= 11 is 5.77. The summed E-state index contributed by atoms with van der Waals surface area (Å²) in [4.78, 5) is 22.6. The van der Waals surface area contributed by atoms with Crippen molar-refractivity contribution in [1.29, 1.82) is 0 Å². The summed E-state index contributed by atoms with van der Waals surface area (Å²) in [6.45, 7) is 0.244. The summed E-state index contributed by atoms with van der Waals surface area (Å²) in [5.74, 6) is -1.11. The van der Waals surface area contributed by atoms with E-state index >= 15 is 0 Å². The van der Waals surface area contributed by atoms with E-state index in [2.05, 4.69) is 10.6 Å². The molecule has 0 aromatic heterocycles. The number of rotatable bonds is 6. The Kier molecular flexibility index (Phi) is 6.11. The first-order chi connectivity index (χ1) is 9.02. The first kappa shape index (κ1) is 15.3. The molecule has 1 atom stereocenters. The van der Waals surface area contributed by atoms with Crippen molar-refractivity contribution in [2.45, 2.75) is 12.5 Å². The monoisotopic (exact) mass is 286 g/mol. The molecule has 1 aromatic rings. The molecule has 0 aliphatic rings. The van der Waals surface area contributed by atoms with E-state index in [0.717, 1.165) is 0 Å². The first-order valence-electron chi connectivity index (χ1n) is 5.57. The highest BCUT2D eigenvalue weighted by molar-refractivity contribution is 6.30. The second kappa shape index (κ2) is 7.60. The normalized spacial score (nSPS) is 11.7. The molecule has 1 rings (SSSR count). The Bertz CT molecular complexity index is 453. The second-order valence-electron chi connectivity index (χ2n) is 3.78. The number of carbonyl (C=O) groups is 2. The molecular formula is C12H15ClN2O4. The molecule has 6 nitrogen and oxygen atoms in total. The maximum atomic E-state index is 11.6. The van der Waals surface area contributed by atoms with E-state index in [1.165, 1.54) is 7.11 Å². The summed E-state index contributed by atoms with van der Waals surface area (Å²) in [6, 6.07) is 4.95. The fraction of sp³-hybridized carbons (Fsp3) is 0.333. The Morgan fingerprint density at radius 3 is 2.79 bits per heavy atom. The van der Waals surface area contributed by atoms with Crippen LogP contribution in [-0.4, -0.2) is 36.9 Å². The molecule has 0 spiro atoms. The molecule has 0 saturated carbocycles. The van der Waals surface area contributed by atoms with E-state index in [1.807, 2.05) is 0 Å². The summed E-state index contributed by atoms with van der Waals surface area (Å²) in [6.07, 6.45) is 0.189. The SMILES string of the molecule is COCCC(NC(=O)Nc1cccc(Cl)c1)C(=O)O. The molecule has 1 aromatic carbocycles. The van der Waals surface area contributed by atoms with Gasteiger partial charge in [0.1, 0.15) is 6.04 Å². The Hall–Kier alpha value is -1.79. The van der Waals surface area contributed by atoms with Gasteiger partial charge in [-0.1, -0.05) is 17.7 Å². The van der Waals surface area contributed by atoms with Crippen LogP contribution in [0.2, 0.25) is 5.02 Å². The average molecular weight is 287 g/mol. The van der Waals surface area contributed by atoms with Gasteiger partial charge in [-0.25, -0.2) is 9.59 Å². The highest BCUT2D eigenvalue weighted by Gasteiger charge is 2.19. The minimum Gasteiger partial charge on any atom is -0.480 e. The van der Waals surface area contributed by atoms with Crippen molar-refractivity contribution in [3.63, 3.8) is 0 Å². The lowest BCUT2D eigenvalue weighted by Gasteiger charge is -2.14. The van der Waals surface area contributed by atoms with Gasteiger partial charge in [0.05, 0.1) is 0 Å². The maximum Gasteiger partial charge on any atom is 0.326 e. The number of carboxylic acid groups (broad SMARTS) is 1. The number of urea groups is 1. The van der Waals surface area contributed by atoms with Crippen LogP contribution in [-0.2, 0) is 9.53 Å². The largest absolute Gasteiger partial charge is 0.480 e. The molecule has 0 aliphatic carbocycles. The number of methoxy groups -OCH3 is 1. The highest BCUT2D eigenvalue weighted by atomic mass is 35.5. The fourth-order valence-corrected chi connectivity index (χ4v) is 1.58. The van der Waals surface area contributed by atoms with Crippen LogP contribution in [0.3, 0.4) is 0 Å². The highest BCUT2D eigenvalue weighted by Crippen LogP contribution is 2.14. The zero-order valence-corrected chi connectivity index (χ0v) is 11.1. The molecule has 0 heterocycles. The smallest absolute Gasteiger partial charge is 0.326 e. The first-order valence-corrected chi connectivity index (χ1v) is 5.95. The quantitative estimate of drug-likeness (QED) is 0.746. The molecule has 0 aliphatic heterocycles. The molecule has 1 unspecified atom stereocenters. The van der Waals surface area contributed by atoms with Crippen LogP contribution in [0.4, 0.5) is 10.5 Å². The number of carbonyl (C=O) groups excluding carboxylic acids is 1. The van der Waals surface area contributed by atoms with Crippen LogP contribution in [0, 0.1) is 0 Å². The van der Waals surface area contributed by atoms with Gasteiger partial charge >= 0.3 is 12.0 Å². The number of anilines is 1. The summed E-state index contributed by atoms with van der Waals surface area (Å²) in [7, 11) is 1.46. The topological polar surface area (TPSA) is 87.7 Å². The Balaban J connectivity index is 2.55. The molecule has 19 heavy (non-hydrogen) atoms. The zero-order valence-electron chi connectivity index (χ0n) is 10.4. The van der Waals surface area contributed by atoms with Gasteiger partial charge in [-0.05, 0) is 18.2 Å². The third-order valence-corrected chi connectivity index (χ3v) is 2.53. The Morgan fingerprint density at radius 2 is 2.21 bits per heavy atom. The lowest BCUT2D eigenvalue weighted by atomic mass is 10.2. The van der Waals surface area contributed by atoms with Gasteiger partial charge in [-0.3, -0.25) is 0 Å². The van der Waals surface area contributed by atoms with Gasteiger partial charge in [0.2, 0.25) is 0 Å². The molecule has 0 radical (unpaired) electrons. The number of benzene rings is 1. The van der Waals surface area contributed by atoms with Gasteiger partial charge < -0.3 is 20.5 Å². The van der Waals surface area contributed by atoms with Crippen LogP contribution in [0.25, 0.3) is 0 Å². The van der Waals surface area contributed by atoms with E-state index in [9.17, 15) is 9.59 Å². The van der Waals surface area contributed by atoms with Crippen LogP contribution < -0.4 is 10.6 Å². The molecular weight excluding hydrogens is 272 g/mol. The van der Waals surface area contributed by atoms with Gasteiger partial charge in [0.15, 0.2) is 0 Å². The van der Waals surface area contributed by atoms with E-state index in [0.29, 0.717) is 10.7 Å². The van der Waals surface area contributed by atoms with Crippen molar-refractivity contribution in [2.75, 3.05) is 19.0 Å². The molecule has 0 fully saturated rings. The lowest BCUT2D eigenvalue weighted by molar-refractivity contribution is -0.139. The standard InChI is InChI=1S/C12H15ClN2O4/c1-19-6-5-10(11(16)17)15-12(18)14-9-4-2-3-8(13)7-9/h2-4,7,10H,5-6H2,1H3,(H,16,17)(H2,14,15,18). The van der Waals surface area contributed by atoms with E-state index in [-0.39, 0.29) is 13.0 Å². The second-order valence-corrected chi connectivity index (χ2v) is 4.22. The average Bonchev–Trinajstić information content (AvgIpc) is 2.34. The van der Waals surface area contributed by atoms with Crippen LogP contribution in [0.15, 0.2) is 24.3 Å². The summed E-state index contributed by atoms with van der Waals surface area (Å²) in [5.41, 5.74) is 0.487. The number of ether oxygens (including phenoxy) is 1. The third-order valence-electron chi connectivity index (χ3n) is 2.30. The number of amides is 2. The number of nitrogens with one attached hydrogen (secondary N) is 2. The minimum absolute atomic E-state index is 0.189. The molecule has 7 heteroatoms. The van der Waals surface area contributed by atoms with Crippen molar-refractivity contribution in [1.82, 2.24) is 5.32 Å². The van der Waals surface area contributed by atoms with Crippen LogP contribution >= 0.6 is 11.6 Å². The zero-order chi connectivity index (χ0) is 14.3. The lowest BCUT2D eigenvalue weighted by Crippen LogP contribution is -2.43. The van der Waals surface area contributed by atoms with E-state index in [4.69, 9.17) is 21.4 Å². The molecule has 0 saturated heterocycles. The van der Waals surface area contributed by atoms with Gasteiger partial charge in [-0.2, -0.15) is 0 Å². The number of halogens is 1. The van der Waals surface area contributed by atoms with Crippen molar-refractivity contribution >= 4 is 29.3 Å². The fourth-order valence-electron chi connectivity index (χ4n) is 1.38. The number of carboxylic acids is 1. The van der Waals surface area contributed by atoms with Gasteiger partial charge in [0.25, 0.3) is 0 Å². The van der Waals surface area contributed by atoms with Crippen molar-refractivity contribution in [2.24, 2.45) is 0 Å². The third kappa shape index (κ3) is 5.58.